The van der Waals surface area contributed by atoms with Crippen LogP contribution in [-0.2, 0) is 17.7 Å². The van der Waals surface area contributed by atoms with Crippen LogP contribution in [0.2, 0.25) is 0 Å². The smallest absolute Gasteiger partial charge is 0.115 e. The summed E-state index contributed by atoms with van der Waals surface area (Å²) in [5.74, 6) is 0.670. The summed E-state index contributed by atoms with van der Waals surface area (Å²) < 4.78 is 6.32. The molecule has 0 radical (unpaired) electrons. The van der Waals surface area contributed by atoms with Gasteiger partial charge in [0.1, 0.15) is 12.4 Å². The van der Waals surface area contributed by atoms with E-state index in [2.05, 4.69) is 46.1 Å². The van der Waals surface area contributed by atoms with Crippen molar-refractivity contribution in [3.05, 3.63) is 59.7 Å². The molecule has 0 bridgehead atoms. The van der Waals surface area contributed by atoms with Gasteiger partial charge in [-0.3, -0.25) is 4.90 Å². The summed E-state index contributed by atoms with van der Waals surface area (Å²) in [6.07, 6.45) is 7.33. The molecule has 4 heteroatoms. The minimum absolute atomic E-state index is 0.145. The van der Waals surface area contributed by atoms with Gasteiger partial charge in [-0.2, -0.15) is 0 Å². The molecule has 126 valence electrons. The lowest BCUT2D eigenvalue weighted by atomic mass is 9.91. The van der Waals surface area contributed by atoms with Gasteiger partial charge in [-0.15, -0.1) is 0 Å². The van der Waals surface area contributed by atoms with Crippen molar-refractivity contribution < 1.29 is 4.74 Å². The van der Waals surface area contributed by atoms with Crippen LogP contribution in [0, 0.1) is 5.92 Å². The molecule has 2 fully saturated rings. The Labute approximate surface area is 143 Å². The van der Waals surface area contributed by atoms with E-state index in [1.807, 2.05) is 6.07 Å². The van der Waals surface area contributed by atoms with Gasteiger partial charge in [-0.25, -0.2) is 9.97 Å². The van der Waals surface area contributed by atoms with Crippen molar-refractivity contribution in [3.8, 4) is 0 Å². The number of aryl methyl sites for hydroxylation is 1. The Morgan fingerprint density at radius 1 is 1.17 bits per heavy atom. The fourth-order valence-electron chi connectivity index (χ4n) is 3.96. The minimum atomic E-state index is 0.145. The molecule has 4 rings (SSSR count). The third-order valence-electron chi connectivity index (χ3n) is 5.41. The molecular weight excluding hydrogens is 298 g/mol. The molecule has 1 aromatic heterocycles. The van der Waals surface area contributed by atoms with Crippen LogP contribution in [0.15, 0.2) is 42.9 Å². The van der Waals surface area contributed by atoms with E-state index in [1.165, 1.54) is 17.5 Å². The van der Waals surface area contributed by atoms with Gasteiger partial charge in [0.05, 0.1) is 11.8 Å². The molecule has 2 saturated heterocycles. The predicted octanol–water partition coefficient (Wildman–Crippen LogP) is 3.39. The van der Waals surface area contributed by atoms with Gasteiger partial charge in [0.15, 0.2) is 0 Å². The van der Waals surface area contributed by atoms with E-state index in [0.29, 0.717) is 12.0 Å². The molecule has 2 aromatic rings. The second-order valence-electron chi connectivity index (χ2n) is 6.99. The van der Waals surface area contributed by atoms with Crippen LogP contribution in [0.25, 0.3) is 0 Å². The summed E-state index contributed by atoms with van der Waals surface area (Å²) in [5, 5.41) is 0. The standard InChI is InChI=1S/C20H25N3O/c1-2-15-3-5-16(6-4-15)12-23-10-8-17-11-19(24-20(17)13-23)18-7-9-21-14-22-18/h3-7,9,14,17,19-20H,2,8,10-13H2,1H3/t17-,19-,20+/m1/s1. The van der Waals surface area contributed by atoms with Crippen LogP contribution < -0.4 is 0 Å². The maximum Gasteiger partial charge on any atom is 0.115 e. The first-order valence-corrected chi connectivity index (χ1v) is 9.03. The third-order valence-corrected chi connectivity index (χ3v) is 5.41. The first-order chi connectivity index (χ1) is 11.8. The summed E-state index contributed by atoms with van der Waals surface area (Å²) in [6.45, 7) is 5.42. The second kappa shape index (κ2) is 6.99. The highest BCUT2D eigenvalue weighted by molar-refractivity contribution is 5.22. The number of fused-ring (bicyclic) bond motifs is 1. The van der Waals surface area contributed by atoms with Crippen LogP contribution >= 0.6 is 0 Å². The lowest BCUT2D eigenvalue weighted by molar-refractivity contribution is -0.0106. The Morgan fingerprint density at radius 2 is 2.00 bits per heavy atom. The molecule has 3 atom stereocenters. The summed E-state index contributed by atoms with van der Waals surface area (Å²) in [4.78, 5) is 10.9. The van der Waals surface area contributed by atoms with Gasteiger partial charge >= 0.3 is 0 Å². The van der Waals surface area contributed by atoms with Gasteiger partial charge in [-0.1, -0.05) is 31.2 Å². The van der Waals surface area contributed by atoms with E-state index < -0.39 is 0 Å². The van der Waals surface area contributed by atoms with E-state index in [0.717, 1.165) is 38.2 Å². The van der Waals surface area contributed by atoms with Gasteiger partial charge in [-0.05, 0) is 48.9 Å². The Balaban J connectivity index is 1.37. The average Bonchev–Trinajstić information content (AvgIpc) is 3.06. The number of ether oxygens (including phenoxy) is 1. The van der Waals surface area contributed by atoms with Crippen LogP contribution in [0.4, 0.5) is 0 Å². The molecule has 0 unspecified atom stereocenters. The zero-order valence-electron chi connectivity index (χ0n) is 14.3. The van der Waals surface area contributed by atoms with Crippen LogP contribution in [0.5, 0.6) is 0 Å². The first-order valence-electron chi connectivity index (χ1n) is 9.03. The topological polar surface area (TPSA) is 38.2 Å². The highest BCUT2D eigenvalue weighted by Gasteiger charge is 2.39. The Kier molecular flexibility index (Phi) is 4.58. The molecule has 2 aliphatic rings. The molecule has 4 nitrogen and oxygen atoms in total. The number of rotatable bonds is 4. The van der Waals surface area contributed by atoms with E-state index >= 15 is 0 Å². The fourth-order valence-corrected chi connectivity index (χ4v) is 3.96. The van der Waals surface area contributed by atoms with Gasteiger partial charge in [0.25, 0.3) is 0 Å². The molecule has 0 spiro atoms. The number of nitrogens with zero attached hydrogens (tertiary/aromatic N) is 3. The average molecular weight is 323 g/mol. The maximum absolute atomic E-state index is 6.32. The van der Waals surface area contributed by atoms with Crippen LogP contribution in [0.1, 0.15) is 42.7 Å². The van der Waals surface area contributed by atoms with E-state index in [1.54, 1.807) is 12.5 Å². The monoisotopic (exact) mass is 323 g/mol. The van der Waals surface area contributed by atoms with Crippen LogP contribution in [0.3, 0.4) is 0 Å². The number of likely N-dealkylation sites (tertiary alicyclic amines) is 1. The number of piperidine rings is 1. The molecular formula is C20H25N3O. The van der Waals surface area contributed by atoms with Crippen molar-refractivity contribution in [3.63, 3.8) is 0 Å². The highest BCUT2D eigenvalue weighted by atomic mass is 16.5. The molecule has 0 amide bonds. The molecule has 0 aliphatic carbocycles. The third kappa shape index (κ3) is 3.35. The second-order valence-corrected chi connectivity index (χ2v) is 6.99. The molecule has 0 saturated carbocycles. The van der Waals surface area contributed by atoms with Crippen molar-refractivity contribution >= 4 is 0 Å². The van der Waals surface area contributed by atoms with Crippen molar-refractivity contribution in [1.29, 1.82) is 0 Å². The summed E-state index contributed by atoms with van der Waals surface area (Å²) >= 11 is 0. The maximum atomic E-state index is 6.32. The fraction of sp³-hybridized carbons (Fsp3) is 0.500. The van der Waals surface area contributed by atoms with Gasteiger partial charge < -0.3 is 4.74 Å². The van der Waals surface area contributed by atoms with Crippen molar-refractivity contribution in [2.45, 2.75) is 44.9 Å². The zero-order valence-corrected chi connectivity index (χ0v) is 14.3. The Morgan fingerprint density at radius 3 is 2.75 bits per heavy atom. The number of benzene rings is 1. The number of hydrogen-bond acceptors (Lipinski definition) is 4. The summed E-state index contributed by atoms with van der Waals surface area (Å²) in [6, 6.07) is 11.0. The van der Waals surface area contributed by atoms with E-state index in [9.17, 15) is 0 Å². The SMILES string of the molecule is CCc1ccc(CN2CC[C@@H]3C[C@H](c4ccncn4)O[C@H]3C2)cc1. The largest absolute Gasteiger partial charge is 0.367 e. The van der Waals surface area contributed by atoms with Crippen molar-refractivity contribution in [1.82, 2.24) is 14.9 Å². The molecule has 0 N–H and O–H groups in total. The van der Waals surface area contributed by atoms with Crippen molar-refractivity contribution in [2.75, 3.05) is 13.1 Å². The zero-order chi connectivity index (χ0) is 16.4. The lowest BCUT2D eigenvalue weighted by Crippen LogP contribution is -2.41. The molecule has 24 heavy (non-hydrogen) atoms. The Hall–Kier alpha value is -1.78. The normalized spacial score (nSPS) is 27.1. The Bertz CT molecular complexity index is 658. The summed E-state index contributed by atoms with van der Waals surface area (Å²) in [7, 11) is 0. The lowest BCUT2D eigenvalue weighted by Gasteiger charge is -2.34. The van der Waals surface area contributed by atoms with E-state index in [4.69, 9.17) is 4.74 Å². The van der Waals surface area contributed by atoms with Gasteiger partial charge in [0.2, 0.25) is 0 Å². The number of hydrogen-bond donors (Lipinski definition) is 0. The number of aromatic nitrogens is 2. The van der Waals surface area contributed by atoms with Gasteiger partial charge in [0, 0.05) is 19.3 Å². The molecule has 1 aromatic carbocycles. The molecule has 2 aliphatic heterocycles. The predicted molar refractivity (Wildman–Crippen MR) is 93.5 cm³/mol. The minimum Gasteiger partial charge on any atom is -0.367 e. The highest BCUT2D eigenvalue weighted by Crippen LogP contribution is 2.40. The summed E-state index contributed by atoms with van der Waals surface area (Å²) in [5.41, 5.74) is 3.83. The first kappa shape index (κ1) is 15.7. The van der Waals surface area contributed by atoms with E-state index in [-0.39, 0.29) is 6.10 Å². The molecule has 3 heterocycles. The van der Waals surface area contributed by atoms with Crippen LogP contribution in [-0.4, -0.2) is 34.1 Å². The van der Waals surface area contributed by atoms with Crippen molar-refractivity contribution in [2.24, 2.45) is 5.92 Å². The quantitative estimate of drug-likeness (QED) is 0.864.